The van der Waals surface area contributed by atoms with Crippen molar-refractivity contribution in [2.45, 2.75) is 0 Å². The third-order valence-corrected chi connectivity index (χ3v) is 2.81. The van der Waals surface area contributed by atoms with Crippen molar-refractivity contribution in [2.75, 3.05) is 0 Å². The smallest absolute Gasteiger partial charge is 0.270 e. The van der Waals surface area contributed by atoms with Gasteiger partial charge in [0, 0.05) is 17.7 Å². The van der Waals surface area contributed by atoms with Crippen molar-refractivity contribution in [1.82, 2.24) is 19.9 Å². The molecule has 7 nitrogen and oxygen atoms in total. The molecule has 3 rings (SSSR count). The summed E-state index contributed by atoms with van der Waals surface area (Å²) >= 11 is 4.91. The van der Waals surface area contributed by atoms with E-state index in [1.165, 1.54) is 12.1 Å². The second-order valence-electron chi connectivity index (χ2n) is 3.84. The summed E-state index contributed by atoms with van der Waals surface area (Å²) in [5.41, 5.74) is 1.91. The van der Waals surface area contributed by atoms with Crippen LogP contribution in [0.25, 0.3) is 22.6 Å². The first-order valence-electron chi connectivity index (χ1n) is 5.33. The molecule has 0 aliphatic rings. The number of hydrogen-bond donors (Lipinski definition) is 2. The molecule has 0 saturated heterocycles. The molecule has 8 heteroatoms. The van der Waals surface area contributed by atoms with Gasteiger partial charge in [-0.15, -0.1) is 0 Å². The molecule has 19 heavy (non-hydrogen) atoms. The molecular formula is C11H7N5O2S. The van der Waals surface area contributed by atoms with E-state index in [4.69, 9.17) is 12.2 Å². The van der Waals surface area contributed by atoms with Crippen LogP contribution in [0.15, 0.2) is 30.5 Å². The molecular weight excluding hydrogens is 266 g/mol. The van der Waals surface area contributed by atoms with Gasteiger partial charge < -0.3 is 9.97 Å². The summed E-state index contributed by atoms with van der Waals surface area (Å²) < 4.78 is 0.338. The molecule has 0 saturated carbocycles. The predicted octanol–water partition coefficient (Wildman–Crippen LogP) is 2.59. The maximum Gasteiger partial charge on any atom is 0.270 e. The number of benzene rings is 1. The van der Waals surface area contributed by atoms with Crippen molar-refractivity contribution in [1.29, 1.82) is 0 Å². The van der Waals surface area contributed by atoms with Crippen LogP contribution < -0.4 is 0 Å². The molecule has 94 valence electrons. The van der Waals surface area contributed by atoms with E-state index in [9.17, 15) is 10.1 Å². The predicted molar refractivity (Wildman–Crippen MR) is 71.2 cm³/mol. The minimum Gasteiger partial charge on any atom is -0.335 e. The molecule has 2 N–H and O–H groups in total. The third-order valence-electron chi connectivity index (χ3n) is 2.60. The van der Waals surface area contributed by atoms with Gasteiger partial charge in [-0.1, -0.05) is 12.1 Å². The van der Waals surface area contributed by atoms with Crippen LogP contribution in [0.1, 0.15) is 0 Å². The standard InChI is InChI=1S/C11H7N5O2S/c17-16(18)7-3-1-2-6(4-7)9-13-8-5-12-11(19)15-10(8)14-9/h1-5H,(H2,12,13,14,15,19). The second kappa shape index (κ2) is 4.25. The van der Waals surface area contributed by atoms with Gasteiger partial charge in [-0.25, -0.2) is 9.97 Å². The van der Waals surface area contributed by atoms with E-state index in [0.717, 1.165) is 0 Å². The third kappa shape index (κ3) is 2.08. The quantitative estimate of drug-likeness (QED) is 0.424. The normalized spacial score (nSPS) is 10.7. The molecule has 0 bridgehead atoms. The van der Waals surface area contributed by atoms with Crippen molar-refractivity contribution in [2.24, 2.45) is 0 Å². The van der Waals surface area contributed by atoms with Crippen molar-refractivity contribution in [3.05, 3.63) is 45.3 Å². The number of aromatic nitrogens is 4. The van der Waals surface area contributed by atoms with E-state index in [1.54, 1.807) is 18.3 Å². The first-order valence-corrected chi connectivity index (χ1v) is 5.74. The number of nitrogens with zero attached hydrogens (tertiary/aromatic N) is 3. The number of non-ortho nitro benzene ring substituents is 1. The number of nitro benzene ring substituents is 1. The summed E-state index contributed by atoms with van der Waals surface area (Å²) in [6.07, 6.45) is 1.57. The van der Waals surface area contributed by atoms with E-state index in [2.05, 4.69) is 19.9 Å². The summed E-state index contributed by atoms with van der Waals surface area (Å²) in [7, 11) is 0. The molecule has 0 aliphatic heterocycles. The van der Waals surface area contributed by atoms with E-state index in [0.29, 0.717) is 27.3 Å². The van der Waals surface area contributed by atoms with Crippen LogP contribution in [0.4, 0.5) is 5.69 Å². The highest BCUT2D eigenvalue weighted by Gasteiger charge is 2.10. The summed E-state index contributed by atoms with van der Waals surface area (Å²) in [6, 6.07) is 6.24. The van der Waals surface area contributed by atoms with Gasteiger partial charge in [-0.3, -0.25) is 10.1 Å². The monoisotopic (exact) mass is 273 g/mol. The van der Waals surface area contributed by atoms with Gasteiger partial charge in [0.2, 0.25) is 0 Å². The average molecular weight is 273 g/mol. The van der Waals surface area contributed by atoms with Crippen LogP contribution in [0, 0.1) is 14.9 Å². The van der Waals surface area contributed by atoms with Gasteiger partial charge in [-0.2, -0.15) is 0 Å². The van der Waals surface area contributed by atoms with E-state index in [-0.39, 0.29) is 5.69 Å². The molecule has 2 heterocycles. The number of nitrogens with one attached hydrogen (secondary N) is 2. The average Bonchev–Trinajstić information content (AvgIpc) is 2.81. The summed E-state index contributed by atoms with van der Waals surface area (Å²) in [5.74, 6) is 0.525. The Hall–Kier alpha value is -2.61. The van der Waals surface area contributed by atoms with Gasteiger partial charge in [0.1, 0.15) is 11.3 Å². The fourth-order valence-electron chi connectivity index (χ4n) is 1.74. The molecule has 1 aromatic carbocycles. The fraction of sp³-hybridized carbons (Fsp3) is 0. The van der Waals surface area contributed by atoms with Crippen LogP contribution in [0.3, 0.4) is 0 Å². The highest BCUT2D eigenvalue weighted by molar-refractivity contribution is 7.71. The molecule has 0 aliphatic carbocycles. The highest BCUT2D eigenvalue weighted by atomic mass is 32.1. The Morgan fingerprint density at radius 2 is 2.16 bits per heavy atom. The van der Waals surface area contributed by atoms with Crippen molar-refractivity contribution < 1.29 is 4.92 Å². The molecule has 0 radical (unpaired) electrons. The SMILES string of the molecule is O=[N+]([O-])c1cccc(-c2nc3[nH]c(=S)ncc3[nH]2)c1. The molecule has 0 unspecified atom stereocenters. The van der Waals surface area contributed by atoms with Crippen LogP contribution in [0.5, 0.6) is 0 Å². The lowest BCUT2D eigenvalue weighted by Gasteiger charge is -1.96. The summed E-state index contributed by atoms with van der Waals surface area (Å²) in [4.78, 5) is 24.4. The maximum atomic E-state index is 10.7. The van der Waals surface area contributed by atoms with E-state index >= 15 is 0 Å². The lowest BCUT2D eigenvalue weighted by atomic mass is 10.2. The zero-order valence-corrected chi connectivity index (χ0v) is 10.3. The van der Waals surface area contributed by atoms with Crippen LogP contribution in [-0.4, -0.2) is 24.9 Å². The van der Waals surface area contributed by atoms with Gasteiger partial charge >= 0.3 is 0 Å². The molecule has 0 atom stereocenters. The van der Waals surface area contributed by atoms with Crippen molar-refractivity contribution >= 4 is 29.1 Å². The van der Waals surface area contributed by atoms with E-state index in [1.807, 2.05) is 0 Å². The van der Waals surface area contributed by atoms with Gasteiger partial charge in [0.15, 0.2) is 10.4 Å². The largest absolute Gasteiger partial charge is 0.335 e. The molecule has 2 aromatic heterocycles. The van der Waals surface area contributed by atoms with Crippen LogP contribution in [0.2, 0.25) is 0 Å². The lowest BCUT2D eigenvalue weighted by Crippen LogP contribution is -1.88. The van der Waals surface area contributed by atoms with Gasteiger partial charge in [-0.05, 0) is 12.2 Å². The van der Waals surface area contributed by atoms with Crippen LogP contribution in [-0.2, 0) is 0 Å². The zero-order valence-electron chi connectivity index (χ0n) is 9.45. The van der Waals surface area contributed by atoms with Crippen molar-refractivity contribution in [3.63, 3.8) is 0 Å². The minimum absolute atomic E-state index is 0.0176. The van der Waals surface area contributed by atoms with Crippen LogP contribution >= 0.6 is 12.2 Å². The summed E-state index contributed by atoms with van der Waals surface area (Å²) in [6.45, 7) is 0. The number of aromatic amines is 2. The van der Waals surface area contributed by atoms with Crippen molar-refractivity contribution in [3.8, 4) is 11.4 Å². The highest BCUT2D eigenvalue weighted by Crippen LogP contribution is 2.22. The molecule has 0 amide bonds. The summed E-state index contributed by atoms with van der Waals surface area (Å²) in [5, 5.41) is 10.7. The topological polar surface area (TPSA) is 100 Å². The maximum absolute atomic E-state index is 10.7. The van der Waals surface area contributed by atoms with E-state index < -0.39 is 4.92 Å². The number of nitro groups is 1. The molecule has 0 fully saturated rings. The molecule has 0 spiro atoms. The van der Waals surface area contributed by atoms with Gasteiger partial charge in [0.05, 0.1) is 11.1 Å². The number of rotatable bonds is 2. The molecule has 3 aromatic rings. The number of H-pyrrole nitrogens is 2. The number of imidazole rings is 1. The number of fused-ring (bicyclic) bond motifs is 1. The van der Waals surface area contributed by atoms with Gasteiger partial charge in [0.25, 0.3) is 5.69 Å². The second-order valence-corrected chi connectivity index (χ2v) is 4.23. The first kappa shape index (κ1) is 11.5. The Balaban J connectivity index is 2.16. The Morgan fingerprint density at radius 3 is 2.95 bits per heavy atom. The lowest BCUT2D eigenvalue weighted by molar-refractivity contribution is -0.384. The first-order chi connectivity index (χ1) is 9.13. The Bertz CT molecular complexity index is 838. The zero-order chi connectivity index (χ0) is 13.4. The Kier molecular flexibility index (Phi) is 2.57. The number of hydrogen-bond acceptors (Lipinski definition) is 5. The Labute approximate surface area is 111 Å². The minimum atomic E-state index is -0.443. The fourth-order valence-corrected chi connectivity index (χ4v) is 1.89. The Morgan fingerprint density at radius 1 is 1.32 bits per heavy atom.